The molecule has 0 radical (unpaired) electrons. The van der Waals surface area contributed by atoms with Gasteiger partial charge in [0.15, 0.2) is 0 Å². The Morgan fingerprint density at radius 3 is 2.60 bits per heavy atom. The van der Waals surface area contributed by atoms with Crippen LogP contribution in [0.25, 0.3) is 0 Å². The maximum Gasteiger partial charge on any atom is 0.317 e. The predicted octanol–water partition coefficient (Wildman–Crippen LogP) is 2.36. The molecule has 3 heteroatoms. The molecule has 1 unspecified atom stereocenters. The Morgan fingerprint density at radius 2 is 2.13 bits per heavy atom. The summed E-state index contributed by atoms with van der Waals surface area (Å²) in [7, 11) is 0. The van der Waals surface area contributed by atoms with E-state index in [2.05, 4.69) is 18.7 Å². The molecule has 0 aliphatic heterocycles. The van der Waals surface area contributed by atoms with Gasteiger partial charge in [0.05, 0.1) is 6.54 Å². The van der Waals surface area contributed by atoms with E-state index >= 15 is 0 Å². The van der Waals surface area contributed by atoms with E-state index in [9.17, 15) is 4.79 Å². The average molecular weight is 213 g/mol. The molecule has 1 aliphatic rings. The van der Waals surface area contributed by atoms with Crippen molar-refractivity contribution in [1.82, 2.24) is 4.90 Å². The molecule has 0 bridgehead atoms. The lowest BCUT2D eigenvalue weighted by Crippen LogP contribution is -2.48. The largest absolute Gasteiger partial charge is 0.480 e. The Bertz CT molecular complexity index is 226. The highest BCUT2D eigenvalue weighted by Gasteiger charge is 2.36. The minimum atomic E-state index is -0.710. The number of aliphatic carboxylic acids is 1. The summed E-state index contributed by atoms with van der Waals surface area (Å²) in [6.45, 7) is 7.60. The number of carbonyl (C=O) groups is 1. The van der Waals surface area contributed by atoms with Crippen molar-refractivity contribution in [3.05, 3.63) is 0 Å². The molecule has 1 fully saturated rings. The fraction of sp³-hybridized carbons (Fsp3) is 0.917. The van der Waals surface area contributed by atoms with Crippen molar-refractivity contribution >= 4 is 5.97 Å². The highest BCUT2D eigenvalue weighted by molar-refractivity contribution is 5.69. The molecule has 1 saturated carbocycles. The number of likely N-dealkylation sites (N-methyl/N-ethyl adjacent to an activating group) is 1. The molecular weight excluding hydrogens is 190 g/mol. The summed E-state index contributed by atoms with van der Waals surface area (Å²) in [6, 6.07) is 0.437. The summed E-state index contributed by atoms with van der Waals surface area (Å²) in [5.41, 5.74) is 0.268. The van der Waals surface area contributed by atoms with Crippen LogP contribution in [0.1, 0.15) is 46.5 Å². The van der Waals surface area contributed by atoms with Gasteiger partial charge in [-0.05, 0) is 24.8 Å². The molecule has 1 N–H and O–H groups in total. The van der Waals surface area contributed by atoms with Gasteiger partial charge in [-0.25, -0.2) is 0 Å². The molecule has 0 saturated heterocycles. The number of hydrogen-bond acceptors (Lipinski definition) is 2. The predicted molar refractivity (Wildman–Crippen MR) is 60.9 cm³/mol. The smallest absolute Gasteiger partial charge is 0.317 e. The summed E-state index contributed by atoms with van der Waals surface area (Å²) in [6.07, 6.45) is 4.89. The second kappa shape index (κ2) is 4.97. The van der Waals surface area contributed by atoms with Crippen LogP contribution >= 0.6 is 0 Å². The Morgan fingerprint density at radius 1 is 1.47 bits per heavy atom. The summed E-state index contributed by atoms with van der Waals surface area (Å²) in [5, 5.41) is 8.87. The summed E-state index contributed by atoms with van der Waals surface area (Å²) < 4.78 is 0. The summed E-state index contributed by atoms with van der Waals surface area (Å²) in [4.78, 5) is 12.9. The molecule has 88 valence electrons. The van der Waals surface area contributed by atoms with E-state index in [1.54, 1.807) is 0 Å². The van der Waals surface area contributed by atoms with Crippen molar-refractivity contribution in [2.45, 2.75) is 52.5 Å². The van der Waals surface area contributed by atoms with Gasteiger partial charge in [-0.3, -0.25) is 9.69 Å². The first-order valence-corrected chi connectivity index (χ1v) is 5.93. The van der Waals surface area contributed by atoms with Gasteiger partial charge in [-0.2, -0.15) is 0 Å². The van der Waals surface area contributed by atoms with E-state index in [0.717, 1.165) is 13.0 Å². The second-order valence-corrected chi connectivity index (χ2v) is 5.21. The number of hydrogen-bond donors (Lipinski definition) is 1. The molecule has 0 amide bonds. The van der Waals surface area contributed by atoms with Crippen molar-refractivity contribution in [1.29, 1.82) is 0 Å². The maximum atomic E-state index is 10.8. The monoisotopic (exact) mass is 213 g/mol. The molecule has 0 aromatic carbocycles. The highest BCUT2D eigenvalue weighted by Crippen LogP contribution is 2.38. The molecule has 1 atom stereocenters. The quantitative estimate of drug-likeness (QED) is 0.779. The van der Waals surface area contributed by atoms with Gasteiger partial charge in [0.1, 0.15) is 0 Å². The molecule has 3 nitrogen and oxygen atoms in total. The summed E-state index contributed by atoms with van der Waals surface area (Å²) in [5.74, 6) is -0.710. The van der Waals surface area contributed by atoms with Crippen LogP contribution < -0.4 is 0 Å². The average Bonchev–Trinajstić information content (AvgIpc) is 2.14. The van der Waals surface area contributed by atoms with Crippen LogP contribution in [0, 0.1) is 5.41 Å². The molecule has 15 heavy (non-hydrogen) atoms. The summed E-state index contributed by atoms with van der Waals surface area (Å²) >= 11 is 0. The van der Waals surface area contributed by atoms with Crippen LogP contribution in [0.3, 0.4) is 0 Å². The fourth-order valence-corrected chi connectivity index (χ4v) is 2.77. The number of nitrogens with zero attached hydrogens (tertiary/aromatic N) is 1. The Hall–Kier alpha value is -0.570. The van der Waals surface area contributed by atoms with Crippen molar-refractivity contribution < 1.29 is 9.90 Å². The van der Waals surface area contributed by atoms with Crippen LogP contribution in [0.4, 0.5) is 0 Å². The van der Waals surface area contributed by atoms with E-state index in [-0.39, 0.29) is 12.0 Å². The van der Waals surface area contributed by atoms with E-state index in [0.29, 0.717) is 6.04 Å². The highest BCUT2D eigenvalue weighted by atomic mass is 16.4. The van der Waals surface area contributed by atoms with Crippen LogP contribution in [0.5, 0.6) is 0 Å². The van der Waals surface area contributed by atoms with E-state index in [4.69, 9.17) is 5.11 Å². The Balaban J connectivity index is 2.68. The molecule has 0 heterocycles. The van der Waals surface area contributed by atoms with Crippen molar-refractivity contribution in [2.75, 3.05) is 13.1 Å². The first-order valence-electron chi connectivity index (χ1n) is 5.93. The van der Waals surface area contributed by atoms with Gasteiger partial charge in [0.2, 0.25) is 0 Å². The molecular formula is C12H23NO2. The van der Waals surface area contributed by atoms with E-state index in [1.807, 2.05) is 6.92 Å². The molecule has 0 aromatic rings. The first kappa shape index (κ1) is 12.5. The Kier molecular flexibility index (Phi) is 4.14. The Labute approximate surface area is 92.5 Å². The molecule has 0 aromatic heterocycles. The normalized spacial score (nSPS) is 25.5. The standard InChI is InChI=1S/C12H23NO2/c1-4-13(9-11(14)15)10-7-5-6-8-12(10,2)3/h10H,4-9H2,1-3H3,(H,14,15). The van der Waals surface area contributed by atoms with Gasteiger partial charge < -0.3 is 5.11 Å². The van der Waals surface area contributed by atoms with Crippen LogP contribution in [0.15, 0.2) is 0 Å². The zero-order valence-electron chi connectivity index (χ0n) is 10.1. The van der Waals surface area contributed by atoms with Crippen molar-refractivity contribution in [2.24, 2.45) is 5.41 Å². The van der Waals surface area contributed by atoms with E-state index < -0.39 is 5.97 Å². The van der Waals surface area contributed by atoms with Gasteiger partial charge >= 0.3 is 5.97 Å². The SMILES string of the molecule is CCN(CC(=O)O)C1CCCCC1(C)C. The zero-order valence-corrected chi connectivity index (χ0v) is 10.1. The number of rotatable bonds is 4. The lowest BCUT2D eigenvalue weighted by Gasteiger charge is -2.44. The number of carboxylic acids is 1. The van der Waals surface area contributed by atoms with Crippen LogP contribution in [0.2, 0.25) is 0 Å². The minimum Gasteiger partial charge on any atom is -0.480 e. The lowest BCUT2D eigenvalue weighted by molar-refractivity contribution is -0.139. The van der Waals surface area contributed by atoms with Gasteiger partial charge in [-0.1, -0.05) is 33.6 Å². The number of carboxylic acid groups (broad SMARTS) is 1. The van der Waals surface area contributed by atoms with Gasteiger partial charge in [0.25, 0.3) is 0 Å². The third-order valence-corrected chi connectivity index (χ3v) is 3.64. The van der Waals surface area contributed by atoms with E-state index in [1.165, 1.54) is 19.3 Å². The second-order valence-electron chi connectivity index (χ2n) is 5.21. The van der Waals surface area contributed by atoms with Crippen LogP contribution in [-0.2, 0) is 4.79 Å². The van der Waals surface area contributed by atoms with Crippen LogP contribution in [-0.4, -0.2) is 35.1 Å². The van der Waals surface area contributed by atoms with Crippen molar-refractivity contribution in [3.8, 4) is 0 Å². The third-order valence-electron chi connectivity index (χ3n) is 3.64. The molecule has 0 spiro atoms. The fourth-order valence-electron chi connectivity index (χ4n) is 2.77. The minimum absolute atomic E-state index is 0.185. The van der Waals surface area contributed by atoms with Gasteiger partial charge in [-0.15, -0.1) is 0 Å². The zero-order chi connectivity index (χ0) is 11.5. The maximum absolute atomic E-state index is 10.8. The molecule has 1 aliphatic carbocycles. The van der Waals surface area contributed by atoms with Crippen molar-refractivity contribution in [3.63, 3.8) is 0 Å². The first-order chi connectivity index (χ1) is 6.97. The topological polar surface area (TPSA) is 40.5 Å². The molecule has 1 rings (SSSR count). The third kappa shape index (κ3) is 3.20. The van der Waals surface area contributed by atoms with Gasteiger partial charge in [0, 0.05) is 6.04 Å². The lowest BCUT2D eigenvalue weighted by atomic mass is 9.72.